The molecule has 2 fully saturated rings. The molecule has 4 unspecified atom stereocenters. The summed E-state index contributed by atoms with van der Waals surface area (Å²) in [6, 6.07) is 0. The van der Waals surface area contributed by atoms with E-state index in [0.29, 0.717) is 21.7 Å². The van der Waals surface area contributed by atoms with E-state index in [2.05, 4.69) is 110 Å². The van der Waals surface area contributed by atoms with Crippen molar-refractivity contribution in [3.05, 3.63) is 26.6 Å². The zero-order chi connectivity index (χ0) is 28.6. The van der Waals surface area contributed by atoms with Gasteiger partial charge in [0.1, 0.15) is 0 Å². The van der Waals surface area contributed by atoms with Gasteiger partial charge in [-0.05, 0) is 83.9 Å². The van der Waals surface area contributed by atoms with Gasteiger partial charge in [0.25, 0.3) is 0 Å². The Kier molecular flexibility index (Phi) is 51.2. The zero-order valence-electron chi connectivity index (χ0n) is 26.2. The number of rotatable bonds is 0. The van der Waals surface area contributed by atoms with Crippen molar-refractivity contribution in [1.29, 1.82) is 0 Å². The molecule has 0 aromatic carbocycles. The van der Waals surface area contributed by atoms with Gasteiger partial charge in [0.15, 0.2) is 0 Å². The van der Waals surface area contributed by atoms with E-state index < -0.39 is 0 Å². The van der Waals surface area contributed by atoms with Gasteiger partial charge in [-0.1, -0.05) is 83.1 Å². The zero-order valence-corrected chi connectivity index (χ0v) is 33.8. The van der Waals surface area contributed by atoms with Crippen LogP contribution in [0.25, 0.3) is 0 Å². The standard InChI is InChI=1S/2C13H26.4CO.2Rh.2H2S.Zr/c2*1-12(2,3)10-7-8-11(9-10)13(4,5)6;4*1-2;;;;;/h2*10-11H,7-9H2,1-6H3;;;;;;;2*1H2;/q;;;;;;;;;;+2/p-2. The summed E-state index contributed by atoms with van der Waals surface area (Å²) in [5, 5.41) is 0. The minimum absolute atomic E-state index is 0. The van der Waals surface area contributed by atoms with E-state index in [1.807, 2.05) is 0 Å². The Morgan fingerprint density at radius 3 is 0.538 bits per heavy atom. The van der Waals surface area contributed by atoms with Crippen LogP contribution in [0.1, 0.15) is 122 Å². The minimum atomic E-state index is 0. The van der Waals surface area contributed by atoms with E-state index in [1.54, 1.807) is 0 Å². The molecule has 4 nitrogen and oxygen atoms in total. The topological polar surface area (TPSA) is 79.6 Å². The molecule has 0 saturated heterocycles. The van der Waals surface area contributed by atoms with Gasteiger partial charge in [-0.3, -0.25) is 0 Å². The van der Waals surface area contributed by atoms with Gasteiger partial charge in [-0.15, -0.1) is 0 Å². The second-order valence-corrected chi connectivity index (χ2v) is 13.9. The first-order chi connectivity index (χ1) is 15.4. The van der Waals surface area contributed by atoms with Crippen molar-refractivity contribution in [1.82, 2.24) is 0 Å². The van der Waals surface area contributed by atoms with E-state index in [-0.39, 0.29) is 92.2 Å². The van der Waals surface area contributed by atoms with Crippen molar-refractivity contribution in [2.24, 2.45) is 45.3 Å². The summed E-state index contributed by atoms with van der Waals surface area (Å²) >= 11 is 0. The van der Waals surface area contributed by atoms with Crippen molar-refractivity contribution in [3.8, 4) is 0 Å². The molecule has 0 amide bonds. The fourth-order valence-corrected chi connectivity index (χ4v) is 5.11. The first-order valence-corrected chi connectivity index (χ1v) is 12.2. The van der Waals surface area contributed by atoms with E-state index >= 15 is 0 Å². The van der Waals surface area contributed by atoms with Crippen LogP contribution in [0, 0.1) is 71.9 Å². The molecule has 0 bridgehead atoms. The van der Waals surface area contributed by atoms with Crippen molar-refractivity contribution in [2.45, 2.75) is 122 Å². The maximum atomic E-state index is 7.50. The predicted octanol–water partition coefficient (Wildman–Crippen LogP) is 8.29. The fraction of sp³-hybridized carbons (Fsp3) is 0.867. The summed E-state index contributed by atoms with van der Waals surface area (Å²) in [5.74, 6) is 3.82. The average Bonchev–Trinajstić information content (AvgIpc) is 3.44. The van der Waals surface area contributed by atoms with Gasteiger partial charge in [-0.2, -0.15) is 0 Å². The molecule has 232 valence electrons. The third-order valence-electron chi connectivity index (χ3n) is 7.76. The Labute approximate surface area is 301 Å². The normalized spacial score (nSPS) is 20.8. The summed E-state index contributed by atoms with van der Waals surface area (Å²) in [6.07, 6.45) is 8.70. The van der Waals surface area contributed by atoms with Crippen LogP contribution in [0.2, 0.25) is 0 Å². The summed E-state index contributed by atoms with van der Waals surface area (Å²) in [4.78, 5) is 0. The molecule has 0 aromatic heterocycles. The number of hydrogen-bond acceptors (Lipinski definition) is 2. The second kappa shape index (κ2) is 31.2. The van der Waals surface area contributed by atoms with Crippen molar-refractivity contribution >= 4 is 27.0 Å². The maximum absolute atomic E-state index is 7.50. The largest absolute Gasteiger partial charge is 2.00 e. The molecule has 0 spiro atoms. The molecule has 39 heavy (non-hydrogen) atoms. The smallest absolute Gasteiger partial charge is 0.813 e. The van der Waals surface area contributed by atoms with Gasteiger partial charge in [0, 0.05) is 39.0 Å². The van der Waals surface area contributed by atoms with Gasteiger partial charge in [-0.25, -0.2) is 0 Å². The quantitative estimate of drug-likeness (QED) is 0.0810. The van der Waals surface area contributed by atoms with Crippen LogP contribution in [-0.2, 0) is 111 Å². The summed E-state index contributed by atoms with van der Waals surface area (Å²) in [5.41, 5.74) is 2.11. The third-order valence-corrected chi connectivity index (χ3v) is 7.76. The number of hydrogen-bond donors (Lipinski definition) is 0. The van der Waals surface area contributed by atoms with Crippen LogP contribution in [0.3, 0.4) is 0 Å². The molecular weight excluding hydrogens is 785 g/mol. The monoisotopic (exact) mass is 838 g/mol. The SMILES string of the molecule is CC(C)(C)C1CCC(C(C)(C)C)C1.CC(C)(C)C1CCC(C(C)(C)C)C1.[C-]#[O+].[C-]#[O+].[C-]#[O+].[C-]#[O+].[Rh].[Rh].[SH-].[SH-].[Zr+2]. The molecule has 0 N–H and O–H groups in total. The van der Waals surface area contributed by atoms with Crippen LogP contribution in [0.5, 0.6) is 0 Å². The predicted molar refractivity (Wildman–Crippen MR) is 153 cm³/mol. The Hall–Kier alpha value is 1.79. The maximum Gasteiger partial charge on any atom is 2.00 e. The van der Waals surface area contributed by atoms with Crippen molar-refractivity contribution in [2.75, 3.05) is 0 Å². The van der Waals surface area contributed by atoms with Gasteiger partial charge >= 0.3 is 71.4 Å². The van der Waals surface area contributed by atoms with Gasteiger partial charge in [0.2, 0.25) is 0 Å². The van der Waals surface area contributed by atoms with E-state index in [1.165, 1.54) is 38.5 Å². The Morgan fingerprint density at radius 2 is 0.487 bits per heavy atom. The average molecular weight is 840 g/mol. The molecular formula is C30H54O4Rh2S2Zr. The van der Waals surface area contributed by atoms with Gasteiger partial charge in [0.05, 0.1) is 0 Å². The first-order valence-electron chi connectivity index (χ1n) is 12.2. The van der Waals surface area contributed by atoms with E-state index in [9.17, 15) is 0 Å². The molecule has 2 saturated carbocycles. The first kappa shape index (κ1) is 63.9. The Bertz CT molecular complexity index is 505. The van der Waals surface area contributed by atoms with Crippen LogP contribution in [-0.4, -0.2) is 0 Å². The van der Waals surface area contributed by atoms with Gasteiger partial charge < -0.3 is 27.0 Å². The van der Waals surface area contributed by atoms with Crippen LogP contribution in [0.15, 0.2) is 0 Å². The molecule has 2 rings (SSSR count). The third kappa shape index (κ3) is 29.6. The molecule has 2 aliphatic carbocycles. The summed E-state index contributed by atoms with van der Waals surface area (Å²) < 4.78 is 30.0. The summed E-state index contributed by atoms with van der Waals surface area (Å²) in [6.45, 7) is 46.7. The molecule has 9 heteroatoms. The minimum Gasteiger partial charge on any atom is -0.813 e. The Balaban J connectivity index is -0.0000000475. The van der Waals surface area contributed by atoms with E-state index in [4.69, 9.17) is 18.6 Å². The van der Waals surface area contributed by atoms with Crippen molar-refractivity contribution in [3.63, 3.8) is 0 Å². The van der Waals surface area contributed by atoms with E-state index in [0.717, 1.165) is 23.7 Å². The molecule has 4 atom stereocenters. The van der Waals surface area contributed by atoms with Crippen molar-refractivity contribution < 1.29 is 83.8 Å². The molecule has 2 radical (unpaired) electrons. The van der Waals surface area contributed by atoms with Crippen LogP contribution in [0.4, 0.5) is 0 Å². The molecule has 0 aliphatic heterocycles. The Morgan fingerprint density at radius 1 is 0.385 bits per heavy atom. The molecule has 0 heterocycles. The molecule has 0 aromatic rings. The fourth-order valence-electron chi connectivity index (χ4n) is 5.11. The summed E-state index contributed by atoms with van der Waals surface area (Å²) in [7, 11) is 0. The van der Waals surface area contributed by atoms with Crippen LogP contribution >= 0.6 is 0 Å². The molecule has 2 aliphatic rings. The number of thiol groups is 2. The van der Waals surface area contributed by atoms with Crippen LogP contribution < -0.4 is 0 Å². The second-order valence-electron chi connectivity index (χ2n) is 13.9.